The lowest BCUT2D eigenvalue weighted by Gasteiger charge is -2.10. The minimum absolute atomic E-state index is 0.543. The van der Waals surface area contributed by atoms with Gasteiger partial charge in [-0.15, -0.1) is 0 Å². The number of nitrogens with two attached hydrogens (primary N) is 1. The summed E-state index contributed by atoms with van der Waals surface area (Å²) in [4.78, 5) is 9.41. The van der Waals surface area contributed by atoms with E-state index in [4.69, 9.17) is 10.7 Å². The summed E-state index contributed by atoms with van der Waals surface area (Å²) >= 11 is 2.01. The lowest BCUT2D eigenvalue weighted by molar-refractivity contribution is 0.680. The van der Waals surface area contributed by atoms with Crippen molar-refractivity contribution < 1.29 is 0 Å². The van der Waals surface area contributed by atoms with Crippen LogP contribution in [-0.4, -0.2) is 26.0 Å². The van der Waals surface area contributed by atoms with Gasteiger partial charge in [0.1, 0.15) is 11.3 Å². The minimum atomic E-state index is 0.543. The van der Waals surface area contributed by atoms with E-state index < -0.39 is 0 Å². The van der Waals surface area contributed by atoms with E-state index in [1.807, 2.05) is 23.9 Å². The Balaban J connectivity index is 2.11. The third-order valence-corrected chi connectivity index (χ3v) is 5.42. The molecule has 128 valence electrons. The van der Waals surface area contributed by atoms with Crippen molar-refractivity contribution in [2.45, 2.75) is 46.1 Å². The van der Waals surface area contributed by atoms with Crippen molar-refractivity contribution in [2.75, 3.05) is 17.2 Å². The first-order valence-corrected chi connectivity index (χ1v) is 10.0. The molecular formula is C19H26N4S. The zero-order chi connectivity index (χ0) is 16.9. The van der Waals surface area contributed by atoms with E-state index in [1.165, 1.54) is 18.6 Å². The maximum Gasteiger partial charge on any atom is 0.152 e. The van der Waals surface area contributed by atoms with Crippen LogP contribution >= 0.6 is 11.8 Å². The number of imidazole rings is 1. The third kappa shape index (κ3) is 3.36. The van der Waals surface area contributed by atoms with Crippen molar-refractivity contribution in [1.29, 1.82) is 0 Å². The maximum absolute atomic E-state index is 6.22. The quantitative estimate of drug-likeness (QED) is 0.605. The van der Waals surface area contributed by atoms with Crippen LogP contribution in [0.2, 0.25) is 0 Å². The Hall–Kier alpha value is -1.75. The highest BCUT2D eigenvalue weighted by Gasteiger charge is 2.16. The summed E-state index contributed by atoms with van der Waals surface area (Å²) in [6.45, 7) is 5.43. The van der Waals surface area contributed by atoms with Crippen LogP contribution in [0.1, 0.15) is 38.9 Å². The number of hydrogen-bond donors (Lipinski definition) is 1. The van der Waals surface area contributed by atoms with Gasteiger partial charge in [-0.25, -0.2) is 9.97 Å². The predicted octanol–water partition coefficient (Wildman–Crippen LogP) is 4.65. The van der Waals surface area contributed by atoms with E-state index in [0.29, 0.717) is 5.82 Å². The zero-order valence-corrected chi connectivity index (χ0v) is 15.4. The summed E-state index contributed by atoms with van der Waals surface area (Å²) in [7, 11) is 0. The number of fused-ring (bicyclic) bond motifs is 3. The first kappa shape index (κ1) is 17.1. The number of nitrogen functional groups attached to an aromatic ring is 1. The van der Waals surface area contributed by atoms with Crippen LogP contribution in [0.15, 0.2) is 24.3 Å². The molecule has 5 heteroatoms. The van der Waals surface area contributed by atoms with Crippen LogP contribution in [0.25, 0.3) is 21.9 Å². The van der Waals surface area contributed by atoms with Gasteiger partial charge in [0.15, 0.2) is 5.82 Å². The Morgan fingerprint density at radius 2 is 1.92 bits per heavy atom. The van der Waals surface area contributed by atoms with E-state index >= 15 is 0 Å². The highest BCUT2D eigenvalue weighted by Crippen LogP contribution is 2.29. The molecule has 2 N–H and O–H groups in total. The van der Waals surface area contributed by atoms with Crippen LogP contribution in [0.4, 0.5) is 5.82 Å². The Labute approximate surface area is 147 Å². The van der Waals surface area contributed by atoms with Crippen LogP contribution in [0.3, 0.4) is 0 Å². The molecule has 0 saturated heterocycles. The summed E-state index contributed by atoms with van der Waals surface area (Å²) in [5.41, 5.74) is 9.18. The Morgan fingerprint density at radius 1 is 1.08 bits per heavy atom. The molecule has 3 aromatic rings. The smallest absolute Gasteiger partial charge is 0.152 e. The fourth-order valence-electron chi connectivity index (χ4n) is 3.07. The first-order valence-electron chi connectivity index (χ1n) is 8.87. The summed E-state index contributed by atoms with van der Waals surface area (Å²) in [5.74, 6) is 4.01. The van der Waals surface area contributed by atoms with Gasteiger partial charge in [0, 0.05) is 24.1 Å². The summed E-state index contributed by atoms with van der Waals surface area (Å²) in [5, 5.41) is 1.15. The van der Waals surface area contributed by atoms with Crippen molar-refractivity contribution >= 4 is 39.5 Å². The second-order valence-corrected chi connectivity index (χ2v) is 7.33. The van der Waals surface area contributed by atoms with Gasteiger partial charge in [0.05, 0.1) is 11.0 Å². The molecule has 0 unspecified atom stereocenters. The molecule has 2 heterocycles. The number of aryl methyl sites for hydroxylation is 2. The van der Waals surface area contributed by atoms with E-state index in [-0.39, 0.29) is 0 Å². The Bertz CT molecular complexity index is 825. The lowest BCUT2D eigenvalue weighted by Crippen LogP contribution is -2.07. The SMILES string of the molecule is CCCCc1nc2c(N)nc3ccccc3c2n1CCSCCC. The second-order valence-electron chi connectivity index (χ2n) is 6.11. The van der Waals surface area contributed by atoms with Gasteiger partial charge in [0.2, 0.25) is 0 Å². The highest BCUT2D eigenvalue weighted by atomic mass is 32.2. The Kier molecular flexibility index (Phi) is 5.61. The lowest BCUT2D eigenvalue weighted by atomic mass is 10.2. The Morgan fingerprint density at radius 3 is 2.71 bits per heavy atom. The third-order valence-electron chi connectivity index (χ3n) is 4.25. The van der Waals surface area contributed by atoms with Crippen molar-refractivity contribution in [2.24, 2.45) is 0 Å². The molecule has 0 amide bonds. The molecular weight excluding hydrogens is 316 g/mol. The fraction of sp³-hybridized carbons (Fsp3) is 0.474. The van der Waals surface area contributed by atoms with Gasteiger partial charge in [-0.3, -0.25) is 0 Å². The molecule has 0 atom stereocenters. The van der Waals surface area contributed by atoms with Gasteiger partial charge in [0.25, 0.3) is 0 Å². The predicted molar refractivity (Wildman–Crippen MR) is 106 cm³/mol. The van der Waals surface area contributed by atoms with E-state index in [0.717, 1.165) is 52.9 Å². The first-order chi connectivity index (χ1) is 11.8. The molecule has 2 aromatic heterocycles. The standard InChI is InChI=1S/C19H26N4S/c1-3-5-10-16-22-17-18(23(16)11-13-24-12-4-2)14-8-6-7-9-15(14)21-19(17)20/h6-9H,3-5,10-13H2,1-2H3,(H2,20,21). The van der Waals surface area contributed by atoms with Crippen LogP contribution in [0, 0.1) is 0 Å². The largest absolute Gasteiger partial charge is 0.382 e. The number of hydrogen-bond acceptors (Lipinski definition) is 4. The van der Waals surface area contributed by atoms with Crippen LogP contribution < -0.4 is 5.73 Å². The number of rotatable bonds is 8. The van der Waals surface area contributed by atoms with Gasteiger partial charge in [-0.2, -0.15) is 11.8 Å². The molecule has 0 spiro atoms. The van der Waals surface area contributed by atoms with Gasteiger partial charge in [-0.1, -0.05) is 38.5 Å². The van der Waals surface area contributed by atoms with E-state index in [2.05, 4.69) is 35.5 Å². The molecule has 1 aromatic carbocycles. The van der Waals surface area contributed by atoms with Gasteiger partial charge < -0.3 is 10.3 Å². The number of anilines is 1. The van der Waals surface area contributed by atoms with Crippen molar-refractivity contribution in [3.8, 4) is 0 Å². The molecule has 4 nitrogen and oxygen atoms in total. The number of thioether (sulfide) groups is 1. The van der Waals surface area contributed by atoms with Gasteiger partial charge >= 0.3 is 0 Å². The van der Waals surface area contributed by atoms with Crippen molar-refractivity contribution in [1.82, 2.24) is 14.5 Å². The average molecular weight is 343 g/mol. The molecule has 0 aliphatic heterocycles. The average Bonchev–Trinajstić information content (AvgIpc) is 2.96. The normalized spacial score (nSPS) is 11.6. The monoisotopic (exact) mass is 342 g/mol. The molecule has 0 fully saturated rings. The molecule has 0 bridgehead atoms. The fourth-order valence-corrected chi connectivity index (χ4v) is 3.88. The molecule has 3 rings (SSSR count). The molecule has 0 aliphatic carbocycles. The van der Waals surface area contributed by atoms with E-state index in [1.54, 1.807) is 0 Å². The number of aromatic nitrogens is 3. The van der Waals surface area contributed by atoms with Crippen molar-refractivity contribution in [3.05, 3.63) is 30.1 Å². The zero-order valence-electron chi connectivity index (χ0n) is 14.6. The molecule has 24 heavy (non-hydrogen) atoms. The van der Waals surface area contributed by atoms with Crippen molar-refractivity contribution in [3.63, 3.8) is 0 Å². The van der Waals surface area contributed by atoms with Crippen LogP contribution in [-0.2, 0) is 13.0 Å². The number of unbranched alkanes of at least 4 members (excludes halogenated alkanes) is 1. The molecule has 0 radical (unpaired) electrons. The van der Waals surface area contributed by atoms with E-state index in [9.17, 15) is 0 Å². The number of para-hydroxylation sites is 1. The van der Waals surface area contributed by atoms with Crippen LogP contribution in [0.5, 0.6) is 0 Å². The second kappa shape index (κ2) is 7.88. The van der Waals surface area contributed by atoms with Gasteiger partial charge in [-0.05, 0) is 24.7 Å². The summed E-state index contributed by atoms with van der Waals surface area (Å²) < 4.78 is 2.38. The molecule has 0 saturated carbocycles. The number of nitrogens with zero attached hydrogens (tertiary/aromatic N) is 3. The topological polar surface area (TPSA) is 56.7 Å². The summed E-state index contributed by atoms with van der Waals surface area (Å²) in [6, 6.07) is 8.23. The number of pyridine rings is 1. The minimum Gasteiger partial charge on any atom is -0.382 e. The summed E-state index contributed by atoms with van der Waals surface area (Å²) in [6.07, 6.45) is 4.54. The molecule has 0 aliphatic rings. The highest BCUT2D eigenvalue weighted by molar-refractivity contribution is 7.99. The number of benzene rings is 1. The maximum atomic E-state index is 6.22.